The van der Waals surface area contributed by atoms with Crippen molar-refractivity contribution in [2.75, 3.05) is 69.7 Å². The van der Waals surface area contributed by atoms with Gasteiger partial charge in [0.05, 0.1) is 30.8 Å². The number of hydrogen-bond acceptors (Lipinski definition) is 8. The number of benzene rings is 2. The van der Waals surface area contributed by atoms with Crippen LogP contribution in [0, 0.1) is 37.1 Å². The first-order valence-electron chi connectivity index (χ1n) is 15.6. The summed E-state index contributed by atoms with van der Waals surface area (Å²) in [6.45, 7) is 11.4. The number of morpholine rings is 1. The normalized spacial score (nSPS) is 19.2. The molecule has 2 aromatic carbocycles. The van der Waals surface area contributed by atoms with Gasteiger partial charge in [0.2, 0.25) is 0 Å². The van der Waals surface area contributed by atoms with E-state index in [-0.39, 0.29) is 34.8 Å². The van der Waals surface area contributed by atoms with Gasteiger partial charge in [-0.1, -0.05) is 5.21 Å². The third-order valence-corrected chi connectivity index (χ3v) is 9.01. The molecule has 3 aromatic rings. The predicted molar refractivity (Wildman–Crippen MR) is 168 cm³/mol. The van der Waals surface area contributed by atoms with Gasteiger partial charge < -0.3 is 20.3 Å². The zero-order valence-corrected chi connectivity index (χ0v) is 27.2. The Bertz CT molecular complexity index is 1600. The number of halogens is 4. The highest BCUT2D eigenvalue weighted by atomic mass is 19.1. The summed E-state index contributed by atoms with van der Waals surface area (Å²) in [4.78, 5) is 32.5. The van der Waals surface area contributed by atoms with Crippen LogP contribution < -0.4 is 15.5 Å². The number of aromatic nitrogens is 3. The van der Waals surface area contributed by atoms with Crippen LogP contribution >= 0.6 is 0 Å². The Morgan fingerprint density at radius 3 is 2.21 bits per heavy atom. The summed E-state index contributed by atoms with van der Waals surface area (Å²) in [5.74, 6) is -6.13. The van der Waals surface area contributed by atoms with E-state index in [1.165, 1.54) is 18.3 Å². The first-order valence-corrected chi connectivity index (χ1v) is 15.6. The average Bonchev–Trinajstić information content (AvgIpc) is 3.55. The molecule has 0 bridgehead atoms. The molecule has 254 valence electrons. The van der Waals surface area contributed by atoms with E-state index in [2.05, 4.69) is 30.7 Å². The third-order valence-electron chi connectivity index (χ3n) is 9.01. The molecule has 2 aliphatic rings. The van der Waals surface area contributed by atoms with Crippen molar-refractivity contribution in [3.63, 3.8) is 0 Å². The molecule has 2 atom stereocenters. The smallest absolute Gasteiger partial charge is 0.273 e. The van der Waals surface area contributed by atoms with Crippen LogP contribution in [0.5, 0.6) is 0 Å². The zero-order valence-electron chi connectivity index (χ0n) is 27.2. The maximum absolute atomic E-state index is 15.8. The third kappa shape index (κ3) is 7.26. The number of nitrogens with zero attached hydrogens (tertiary/aromatic N) is 6. The van der Waals surface area contributed by atoms with Crippen LogP contribution in [0.3, 0.4) is 0 Å². The molecular weight excluding hydrogens is 620 g/mol. The monoisotopic (exact) mass is 660 g/mol. The van der Waals surface area contributed by atoms with Gasteiger partial charge in [0.15, 0.2) is 11.5 Å². The summed E-state index contributed by atoms with van der Waals surface area (Å²) >= 11 is 0. The van der Waals surface area contributed by atoms with Crippen LogP contribution in [0.4, 0.5) is 28.9 Å². The molecule has 0 unspecified atom stereocenters. The average molecular weight is 661 g/mol. The lowest BCUT2D eigenvalue weighted by Gasteiger charge is -2.44. The summed E-state index contributed by atoms with van der Waals surface area (Å²) in [6, 6.07) is 2.60. The molecule has 2 saturated heterocycles. The van der Waals surface area contributed by atoms with Gasteiger partial charge in [-0.05, 0) is 53.8 Å². The summed E-state index contributed by atoms with van der Waals surface area (Å²) in [6.07, 6.45) is 1.98. The van der Waals surface area contributed by atoms with Crippen molar-refractivity contribution in [2.45, 2.75) is 46.2 Å². The van der Waals surface area contributed by atoms with Crippen molar-refractivity contribution in [1.29, 1.82) is 0 Å². The summed E-state index contributed by atoms with van der Waals surface area (Å²) in [5, 5.41) is 13.2. The molecule has 2 fully saturated rings. The highest BCUT2D eigenvalue weighted by molar-refractivity contribution is 6.07. The Hall–Kier alpha value is -4.08. The molecule has 2 aliphatic heterocycles. The molecule has 0 saturated carbocycles. The van der Waals surface area contributed by atoms with E-state index < -0.39 is 51.8 Å². The molecule has 15 heteroatoms. The second-order valence-electron chi connectivity index (χ2n) is 12.2. The second kappa shape index (κ2) is 14.4. The molecule has 0 spiro atoms. The minimum atomic E-state index is -1.33. The van der Waals surface area contributed by atoms with Gasteiger partial charge in [-0.2, -0.15) is 0 Å². The molecule has 3 heterocycles. The Kier molecular flexibility index (Phi) is 10.5. The van der Waals surface area contributed by atoms with Crippen molar-refractivity contribution < 1.29 is 31.9 Å². The van der Waals surface area contributed by atoms with Crippen molar-refractivity contribution >= 4 is 23.2 Å². The maximum atomic E-state index is 15.8. The molecular formula is C32H40F4N8O3. The summed E-state index contributed by atoms with van der Waals surface area (Å²) < 4.78 is 66.7. The summed E-state index contributed by atoms with van der Waals surface area (Å²) in [5.41, 5.74) is -1.83. The Morgan fingerprint density at radius 1 is 0.936 bits per heavy atom. The number of carbonyl (C=O) groups excluding carboxylic acids is 2. The molecule has 5 rings (SSSR count). The number of nitrogens with one attached hydrogen (secondary N) is 2. The molecule has 11 nitrogen and oxygen atoms in total. The Morgan fingerprint density at radius 2 is 1.57 bits per heavy atom. The minimum absolute atomic E-state index is 0.0402. The molecule has 1 aromatic heterocycles. The molecule has 2 N–H and O–H groups in total. The predicted octanol–water partition coefficient (Wildman–Crippen LogP) is 3.67. The first-order chi connectivity index (χ1) is 22.4. The number of piperazine rings is 1. The molecule has 0 aliphatic carbocycles. The first kappa shape index (κ1) is 34.3. The number of carbonyl (C=O) groups is 2. The number of anilines is 2. The van der Waals surface area contributed by atoms with Crippen LogP contribution in [-0.2, 0) is 4.74 Å². The highest BCUT2D eigenvalue weighted by Crippen LogP contribution is 2.34. The van der Waals surface area contributed by atoms with Gasteiger partial charge >= 0.3 is 0 Å². The van der Waals surface area contributed by atoms with E-state index in [1.54, 1.807) is 0 Å². The van der Waals surface area contributed by atoms with E-state index in [9.17, 15) is 14.0 Å². The van der Waals surface area contributed by atoms with Crippen LogP contribution in [-0.4, -0.2) is 108 Å². The van der Waals surface area contributed by atoms with Gasteiger partial charge in [0.1, 0.15) is 28.7 Å². The molecule has 0 radical (unpaired) electrons. The molecule has 47 heavy (non-hydrogen) atoms. The lowest BCUT2D eigenvalue weighted by Crippen LogP contribution is -2.55. The van der Waals surface area contributed by atoms with Crippen molar-refractivity contribution in [1.82, 2.24) is 30.1 Å². The standard InChI is InChI=1S/C32H40F4N8O3/c1-18-15-43(16-19(2)41(18)5)26-13-22(33)25(14-23(26)38-32(46)27-29(35)20(3)28(34)21(4)30(27)36)44-17-24(39-40-44)31(45)37-7-6-8-42-9-11-47-12-10-42/h13-14,17-19H,6-12,15-16H2,1-5H3,(H,37,45)(H,38,46)/t18-,19+. The highest BCUT2D eigenvalue weighted by Gasteiger charge is 2.31. The SMILES string of the molecule is Cc1c(F)c(C)c(F)c(C(=O)Nc2cc(-n3cc(C(=O)NCCCN4CCOCC4)nn3)c(F)cc2N2C[C@@H](C)N(C)[C@@H](C)C2)c1F. The van der Waals surface area contributed by atoms with Gasteiger partial charge in [0, 0.05) is 62.0 Å². The number of likely N-dealkylation sites (N-methyl/N-ethyl adjacent to an activating group) is 1. The van der Waals surface area contributed by atoms with Gasteiger partial charge in [-0.25, -0.2) is 22.2 Å². The second-order valence-corrected chi connectivity index (χ2v) is 12.2. The van der Waals surface area contributed by atoms with E-state index in [0.29, 0.717) is 32.8 Å². The lowest BCUT2D eigenvalue weighted by atomic mass is 10.0. The minimum Gasteiger partial charge on any atom is -0.379 e. The van der Waals surface area contributed by atoms with Crippen molar-refractivity contribution in [2.24, 2.45) is 0 Å². The largest absolute Gasteiger partial charge is 0.379 e. The van der Waals surface area contributed by atoms with E-state index >= 15 is 13.2 Å². The van der Waals surface area contributed by atoms with Crippen LogP contribution in [0.1, 0.15) is 52.2 Å². The quantitative estimate of drug-likeness (QED) is 0.265. The van der Waals surface area contributed by atoms with E-state index in [4.69, 9.17) is 4.74 Å². The van der Waals surface area contributed by atoms with Gasteiger partial charge in [-0.3, -0.25) is 19.4 Å². The fourth-order valence-corrected chi connectivity index (χ4v) is 5.92. The van der Waals surface area contributed by atoms with Crippen LogP contribution in [0.25, 0.3) is 5.69 Å². The Labute approximate surface area is 270 Å². The fraction of sp³-hybridized carbons (Fsp3) is 0.500. The number of amides is 2. The van der Waals surface area contributed by atoms with Gasteiger partial charge in [-0.15, -0.1) is 5.10 Å². The van der Waals surface area contributed by atoms with E-state index in [1.807, 2.05) is 25.8 Å². The fourth-order valence-electron chi connectivity index (χ4n) is 5.92. The number of ether oxygens (including phenoxy) is 1. The maximum Gasteiger partial charge on any atom is 0.273 e. The van der Waals surface area contributed by atoms with Crippen molar-refractivity contribution in [3.05, 3.63) is 64.0 Å². The number of rotatable bonds is 9. The van der Waals surface area contributed by atoms with E-state index in [0.717, 1.165) is 44.6 Å². The number of hydrogen-bond donors (Lipinski definition) is 2. The topological polar surface area (TPSA) is 108 Å². The Balaban J connectivity index is 1.42. The van der Waals surface area contributed by atoms with Crippen LogP contribution in [0.15, 0.2) is 18.3 Å². The van der Waals surface area contributed by atoms with Crippen molar-refractivity contribution in [3.8, 4) is 5.69 Å². The zero-order chi connectivity index (χ0) is 34.0. The molecule has 2 amide bonds. The van der Waals surface area contributed by atoms with Crippen LogP contribution in [0.2, 0.25) is 0 Å². The summed E-state index contributed by atoms with van der Waals surface area (Å²) in [7, 11) is 1.98. The van der Waals surface area contributed by atoms with Gasteiger partial charge in [0.25, 0.3) is 11.8 Å². The lowest BCUT2D eigenvalue weighted by molar-refractivity contribution is 0.0374.